The smallest absolute Gasteiger partial charge is 0.191 e. The van der Waals surface area contributed by atoms with Gasteiger partial charge in [-0.25, -0.2) is 9.98 Å². The van der Waals surface area contributed by atoms with Crippen LogP contribution in [0.5, 0.6) is 5.75 Å². The zero-order valence-corrected chi connectivity index (χ0v) is 19.1. The topological polar surface area (TPSA) is 58.5 Å². The van der Waals surface area contributed by atoms with Crippen LogP contribution in [0.15, 0.2) is 34.6 Å². The number of thiazole rings is 1. The minimum atomic E-state index is 0. The highest BCUT2D eigenvalue weighted by atomic mass is 127. The van der Waals surface area contributed by atoms with Gasteiger partial charge in [-0.2, -0.15) is 0 Å². The molecule has 0 aliphatic carbocycles. The van der Waals surface area contributed by atoms with Crippen LogP contribution in [-0.2, 0) is 13.0 Å². The van der Waals surface area contributed by atoms with Crippen LogP contribution in [0.4, 0.5) is 0 Å². The number of benzene rings is 1. The molecule has 0 atom stereocenters. The van der Waals surface area contributed by atoms with Gasteiger partial charge in [-0.05, 0) is 30.9 Å². The molecular weight excluding hydrogens is 459 g/mol. The largest absolute Gasteiger partial charge is 0.496 e. The summed E-state index contributed by atoms with van der Waals surface area (Å²) in [6, 6.07) is 8.10. The van der Waals surface area contributed by atoms with Gasteiger partial charge in [-0.3, -0.25) is 0 Å². The average molecular weight is 488 g/mol. The molecule has 1 heterocycles. The zero-order valence-electron chi connectivity index (χ0n) is 15.9. The molecule has 144 valence electrons. The van der Waals surface area contributed by atoms with E-state index in [1.165, 1.54) is 5.56 Å². The van der Waals surface area contributed by atoms with Gasteiger partial charge in [0.05, 0.1) is 19.3 Å². The van der Waals surface area contributed by atoms with Crippen molar-refractivity contribution in [2.24, 2.45) is 4.99 Å². The van der Waals surface area contributed by atoms with Crippen LogP contribution in [0.1, 0.15) is 43.0 Å². The minimum absolute atomic E-state index is 0. The van der Waals surface area contributed by atoms with Gasteiger partial charge < -0.3 is 15.4 Å². The molecule has 2 aromatic rings. The van der Waals surface area contributed by atoms with Gasteiger partial charge >= 0.3 is 0 Å². The van der Waals surface area contributed by atoms with Gasteiger partial charge in [0.15, 0.2) is 5.96 Å². The van der Waals surface area contributed by atoms with Crippen molar-refractivity contribution < 1.29 is 4.74 Å². The van der Waals surface area contributed by atoms with Crippen molar-refractivity contribution in [1.82, 2.24) is 15.6 Å². The van der Waals surface area contributed by atoms with E-state index in [0.29, 0.717) is 12.5 Å². The highest BCUT2D eigenvalue weighted by Crippen LogP contribution is 2.18. The second-order valence-electron chi connectivity index (χ2n) is 6.00. The van der Waals surface area contributed by atoms with Crippen LogP contribution in [-0.4, -0.2) is 31.1 Å². The summed E-state index contributed by atoms with van der Waals surface area (Å²) in [5.74, 6) is 2.20. The van der Waals surface area contributed by atoms with Crippen LogP contribution in [0.25, 0.3) is 0 Å². The third-order valence-electron chi connectivity index (χ3n) is 3.76. The fraction of sp³-hybridized carbons (Fsp3) is 0.474. The highest BCUT2D eigenvalue weighted by molar-refractivity contribution is 14.0. The standard InChI is InChI=1S/C19H28N4OS.HI/c1-5-20-19(22-12-18-23-16(13-25-18)14(2)3)21-11-10-15-8-6-7-9-17(15)24-4;/h6-9,13-14H,5,10-12H2,1-4H3,(H2,20,21,22);1H. The van der Waals surface area contributed by atoms with Crippen molar-refractivity contribution in [3.63, 3.8) is 0 Å². The first-order chi connectivity index (χ1) is 12.1. The lowest BCUT2D eigenvalue weighted by Crippen LogP contribution is -2.38. The number of methoxy groups -OCH3 is 1. The predicted molar refractivity (Wildman–Crippen MR) is 121 cm³/mol. The Bertz CT molecular complexity index is 688. The number of halogens is 1. The number of aromatic nitrogens is 1. The van der Waals surface area contributed by atoms with Gasteiger partial charge in [-0.15, -0.1) is 35.3 Å². The van der Waals surface area contributed by atoms with Crippen molar-refractivity contribution in [1.29, 1.82) is 0 Å². The Kier molecular flexibility index (Phi) is 10.6. The summed E-state index contributed by atoms with van der Waals surface area (Å²) in [5.41, 5.74) is 2.33. The fourth-order valence-electron chi connectivity index (χ4n) is 2.38. The Hall–Kier alpha value is -1.35. The Morgan fingerprint density at radius 2 is 2.04 bits per heavy atom. The third kappa shape index (κ3) is 7.11. The molecule has 0 spiro atoms. The first kappa shape index (κ1) is 22.7. The van der Waals surface area contributed by atoms with E-state index in [-0.39, 0.29) is 24.0 Å². The molecule has 1 aromatic heterocycles. The lowest BCUT2D eigenvalue weighted by molar-refractivity contribution is 0.409. The number of hydrogen-bond acceptors (Lipinski definition) is 4. The number of nitrogens with one attached hydrogen (secondary N) is 2. The summed E-state index contributed by atoms with van der Waals surface area (Å²) in [4.78, 5) is 9.27. The molecule has 0 amide bonds. The Labute approximate surface area is 177 Å². The molecule has 0 fully saturated rings. The van der Waals surface area contributed by atoms with E-state index in [1.807, 2.05) is 18.2 Å². The molecule has 0 aliphatic rings. The molecular formula is C19H29IN4OS. The molecule has 2 N–H and O–H groups in total. The summed E-state index contributed by atoms with van der Waals surface area (Å²) >= 11 is 1.67. The number of rotatable bonds is 8. The number of hydrogen-bond donors (Lipinski definition) is 2. The van der Waals surface area contributed by atoms with Gasteiger partial charge in [0.2, 0.25) is 0 Å². The molecule has 0 radical (unpaired) electrons. The van der Waals surface area contributed by atoms with Crippen molar-refractivity contribution in [3.8, 4) is 5.75 Å². The summed E-state index contributed by atoms with van der Waals surface area (Å²) in [6.45, 7) is 8.60. The molecule has 26 heavy (non-hydrogen) atoms. The van der Waals surface area contributed by atoms with Gasteiger partial charge in [0, 0.05) is 18.5 Å². The second kappa shape index (κ2) is 12.1. The fourth-order valence-corrected chi connectivity index (χ4v) is 3.26. The lowest BCUT2D eigenvalue weighted by Gasteiger charge is -2.12. The minimum Gasteiger partial charge on any atom is -0.496 e. The predicted octanol–water partition coefficient (Wildman–Crippen LogP) is 4.19. The van der Waals surface area contributed by atoms with E-state index >= 15 is 0 Å². The Balaban J connectivity index is 0.00000338. The van der Waals surface area contributed by atoms with E-state index < -0.39 is 0 Å². The number of nitrogens with zero attached hydrogens (tertiary/aromatic N) is 2. The normalized spacial score (nSPS) is 11.2. The van der Waals surface area contributed by atoms with Crippen LogP contribution >= 0.6 is 35.3 Å². The molecule has 0 saturated heterocycles. The van der Waals surface area contributed by atoms with E-state index in [0.717, 1.165) is 41.9 Å². The lowest BCUT2D eigenvalue weighted by atomic mass is 10.1. The van der Waals surface area contributed by atoms with Crippen LogP contribution in [0.3, 0.4) is 0 Å². The number of para-hydroxylation sites is 1. The second-order valence-corrected chi connectivity index (χ2v) is 6.95. The molecule has 7 heteroatoms. The molecule has 5 nitrogen and oxygen atoms in total. The summed E-state index contributed by atoms with van der Waals surface area (Å²) in [5, 5.41) is 9.83. The summed E-state index contributed by atoms with van der Waals surface area (Å²) in [6.07, 6.45) is 0.878. The molecule has 0 bridgehead atoms. The van der Waals surface area contributed by atoms with Gasteiger partial charge in [-0.1, -0.05) is 32.0 Å². The van der Waals surface area contributed by atoms with E-state index in [4.69, 9.17) is 4.74 Å². The molecule has 0 aliphatic heterocycles. The molecule has 0 unspecified atom stereocenters. The molecule has 0 saturated carbocycles. The maximum atomic E-state index is 5.40. The van der Waals surface area contributed by atoms with E-state index in [1.54, 1.807) is 18.4 Å². The summed E-state index contributed by atoms with van der Waals surface area (Å²) < 4.78 is 5.40. The maximum Gasteiger partial charge on any atom is 0.191 e. The Morgan fingerprint density at radius 1 is 1.27 bits per heavy atom. The van der Waals surface area contributed by atoms with E-state index in [2.05, 4.69) is 52.8 Å². The first-order valence-electron chi connectivity index (χ1n) is 8.72. The first-order valence-corrected chi connectivity index (χ1v) is 9.60. The molecule has 2 rings (SSSR count). The highest BCUT2D eigenvalue weighted by Gasteiger charge is 2.06. The average Bonchev–Trinajstić information content (AvgIpc) is 3.09. The van der Waals surface area contributed by atoms with Crippen LogP contribution < -0.4 is 15.4 Å². The van der Waals surface area contributed by atoms with Crippen molar-refractivity contribution in [2.45, 2.75) is 39.7 Å². The maximum absolute atomic E-state index is 5.40. The number of guanidine groups is 1. The van der Waals surface area contributed by atoms with Gasteiger partial charge in [0.25, 0.3) is 0 Å². The monoisotopic (exact) mass is 488 g/mol. The van der Waals surface area contributed by atoms with Crippen LogP contribution in [0.2, 0.25) is 0 Å². The number of ether oxygens (including phenoxy) is 1. The van der Waals surface area contributed by atoms with E-state index in [9.17, 15) is 0 Å². The molecule has 1 aromatic carbocycles. The third-order valence-corrected chi connectivity index (χ3v) is 4.61. The van der Waals surface area contributed by atoms with Gasteiger partial charge in [0.1, 0.15) is 10.8 Å². The zero-order chi connectivity index (χ0) is 18.1. The van der Waals surface area contributed by atoms with Crippen LogP contribution in [0, 0.1) is 0 Å². The summed E-state index contributed by atoms with van der Waals surface area (Å²) in [7, 11) is 1.71. The SMILES string of the molecule is CCNC(=NCc1nc(C(C)C)cs1)NCCc1ccccc1OC.I. The van der Waals surface area contributed by atoms with Crippen molar-refractivity contribution in [3.05, 3.63) is 45.9 Å². The quantitative estimate of drug-likeness (QED) is 0.333. The number of aliphatic imine (C=N–C) groups is 1. The van der Waals surface area contributed by atoms with Crippen molar-refractivity contribution in [2.75, 3.05) is 20.2 Å². The Morgan fingerprint density at radius 3 is 2.69 bits per heavy atom. The van der Waals surface area contributed by atoms with Crippen molar-refractivity contribution >= 4 is 41.3 Å².